The lowest BCUT2D eigenvalue weighted by Crippen LogP contribution is -2.22. The predicted molar refractivity (Wildman–Crippen MR) is 107 cm³/mol. The molecule has 154 valence electrons. The first kappa shape index (κ1) is 20.8. The zero-order chi connectivity index (χ0) is 21.0. The number of rotatable bonds is 7. The largest absolute Gasteiger partial charge is 0.495 e. The second kappa shape index (κ2) is 8.62. The molecular formula is C20H22N2O6S. The number of sulfonamides is 1. The van der Waals surface area contributed by atoms with E-state index in [4.69, 9.17) is 9.47 Å². The molecule has 0 heterocycles. The second-order valence-electron chi connectivity index (χ2n) is 6.53. The first-order valence-corrected chi connectivity index (χ1v) is 10.5. The normalized spacial score (nSPS) is 12.9. The van der Waals surface area contributed by atoms with Crippen LogP contribution in [0.4, 0.5) is 5.69 Å². The van der Waals surface area contributed by atoms with Gasteiger partial charge in [-0.3, -0.25) is 4.79 Å². The number of carbonyl (C=O) groups excluding carboxylic acids is 2. The average molecular weight is 418 g/mol. The molecule has 0 radical (unpaired) electrons. The number of hydrogen-bond donors (Lipinski definition) is 2. The van der Waals surface area contributed by atoms with Gasteiger partial charge in [0.25, 0.3) is 5.91 Å². The van der Waals surface area contributed by atoms with Gasteiger partial charge in [0.2, 0.25) is 10.0 Å². The van der Waals surface area contributed by atoms with E-state index in [9.17, 15) is 18.0 Å². The molecule has 9 heteroatoms. The molecule has 8 nitrogen and oxygen atoms in total. The Morgan fingerprint density at radius 1 is 1.07 bits per heavy atom. The third kappa shape index (κ3) is 4.75. The highest BCUT2D eigenvalue weighted by Crippen LogP contribution is 2.26. The maximum absolute atomic E-state index is 12.3. The van der Waals surface area contributed by atoms with Crippen LogP contribution >= 0.6 is 0 Å². The Bertz CT molecular complexity index is 1050. The van der Waals surface area contributed by atoms with E-state index < -0.39 is 28.5 Å². The molecule has 0 bridgehead atoms. The van der Waals surface area contributed by atoms with Crippen molar-refractivity contribution >= 4 is 27.6 Å². The number of esters is 1. The third-order valence-electron chi connectivity index (χ3n) is 4.67. The number of nitrogens with one attached hydrogen (secondary N) is 2. The van der Waals surface area contributed by atoms with Gasteiger partial charge in [-0.2, -0.15) is 0 Å². The minimum Gasteiger partial charge on any atom is -0.495 e. The Kier molecular flexibility index (Phi) is 6.19. The Balaban J connectivity index is 1.64. The Morgan fingerprint density at radius 2 is 1.83 bits per heavy atom. The van der Waals surface area contributed by atoms with Crippen molar-refractivity contribution in [3.63, 3.8) is 0 Å². The summed E-state index contributed by atoms with van der Waals surface area (Å²) in [6.45, 7) is -0.490. The lowest BCUT2D eigenvalue weighted by atomic mass is 10.1. The third-order valence-corrected chi connectivity index (χ3v) is 6.11. The van der Waals surface area contributed by atoms with Gasteiger partial charge in [-0.1, -0.05) is 6.07 Å². The van der Waals surface area contributed by atoms with Crippen LogP contribution in [0, 0.1) is 0 Å². The quantitative estimate of drug-likeness (QED) is 0.665. The van der Waals surface area contributed by atoms with Gasteiger partial charge in [0, 0.05) is 5.69 Å². The van der Waals surface area contributed by atoms with Crippen LogP contribution < -0.4 is 14.8 Å². The van der Waals surface area contributed by atoms with Crippen molar-refractivity contribution in [2.45, 2.75) is 24.2 Å². The first-order valence-electron chi connectivity index (χ1n) is 9.04. The monoisotopic (exact) mass is 418 g/mol. The number of anilines is 1. The predicted octanol–water partition coefficient (Wildman–Crippen LogP) is 1.89. The smallest absolute Gasteiger partial charge is 0.338 e. The van der Waals surface area contributed by atoms with E-state index in [0.29, 0.717) is 5.69 Å². The van der Waals surface area contributed by atoms with Gasteiger partial charge < -0.3 is 14.8 Å². The number of hydrogen-bond acceptors (Lipinski definition) is 6. The molecule has 2 N–H and O–H groups in total. The van der Waals surface area contributed by atoms with Crippen molar-refractivity contribution in [3.8, 4) is 5.75 Å². The summed E-state index contributed by atoms with van der Waals surface area (Å²) in [6, 6.07) is 9.61. The van der Waals surface area contributed by atoms with Crippen LogP contribution in [0.15, 0.2) is 41.3 Å². The van der Waals surface area contributed by atoms with Gasteiger partial charge in [0.15, 0.2) is 6.61 Å². The molecule has 0 fully saturated rings. The fourth-order valence-electron chi connectivity index (χ4n) is 3.18. The van der Waals surface area contributed by atoms with E-state index in [0.717, 1.165) is 25.3 Å². The van der Waals surface area contributed by atoms with Crippen molar-refractivity contribution in [1.29, 1.82) is 0 Å². The molecule has 1 amide bonds. The Morgan fingerprint density at radius 3 is 2.55 bits per heavy atom. The van der Waals surface area contributed by atoms with Crippen LogP contribution in [0.1, 0.15) is 27.9 Å². The summed E-state index contributed by atoms with van der Waals surface area (Å²) in [5.74, 6) is -1.21. The molecule has 2 aromatic carbocycles. The van der Waals surface area contributed by atoms with Crippen LogP contribution in [0.3, 0.4) is 0 Å². The van der Waals surface area contributed by atoms with Gasteiger partial charge in [-0.25, -0.2) is 17.9 Å². The highest BCUT2D eigenvalue weighted by Gasteiger charge is 2.21. The van der Waals surface area contributed by atoms with Crippen LogP contribution in [-0.2, 0) is 32.4 Å². The zero-order valence-electron chi connectivity index (χ0n) is 16.2. The molecule has 0 atom stereocenters. The zero-order valence-corrected chi connectivity index (χ0v) is 17.0. The van der Waals surface area contributed by atoms with Gasteiger partial charge >= 0.3 is 5.97 Å². The summed E-state index contributed by atoms with van der Waals surface area (Å²) in [5, 5.41) is 2.70. The van der Waals surface area contributed by atoms with E-state index >= 15 is 0 Å². The minimum atomic E-state index is -3.84. The van der Waals surface area contributed by atoms with E-state index in [2.05, 4.69) is 10.0 Å². The van der Waals surface area contributed by atoms with Crippen molar-refractivity contribution in [3.05, 3.63) is 53.1 Å². The lowest BCUT2D eigenvalue weighted by Gasteiger charge is -2.11. The summed E-state index contributed by atoms with van der Waals surface area (Å²) in [5.41, 5.74) is 3.15. The van der Waals surface area contributed by atoms with Crippen LogP contribution in [0.2, 0.25) is 0 Å². The van der Waals surface area contributed by atoms with E-state index in [1.807, 2.05) is 18.2 Å². The summed E-state index contributed by atoms with van der Waals surface area (Å²) < 4.78 is 36.4. The number of carbonyl (C=O) groups is 2. The summed E-state index contributed by atoms with van der Waals surface area (Å²) in [4.78, 5) is 24.2. The van der Waals surface area contributed by atoms with Crippen molar-refractivity contribution in [1.82, 2.24) is 4.72 Å². The Labute approximate surface area is 169 Å². The van der Waals surface area contributed by atoms with Crippen LogP contribution in [0.25, 0.3) is 0 Å². The standard InChI is InChI=1S/C20H22N2O6S/c1-21-29(25,26)18-11-15(7-9-17(18)27-2)20(24)28-12-19(23)22-16-8-6-13-4-3-5-14(13)10-16/h6-11,21H,3-5,12H2,1-2H3,(H,22,23). The number of fused-ring (bicyclic) bond motifs is 1. The van der Waals surface area contributed by atoms with Gasteiger partial charge in [0.1, 0.15) is 10.6 Å². The van der Waals surface area contributed by atoms with Gasteiger partial charge in [-0.05, 0) is 67.8 Å². The second-order valence-corrected chi connectivity index (χ2v) is 8.39. The maximum Gasteiger partial charge on any atom is 0.338 e. The van der Waals surface area contributed by atoms with Crippen molar-refractivity contribution in [2.75, 3.05) is 26.1 Å². The number of aryl methyl sites for hydroxylation is 2. The SMILES string of the molecule is CNS(=O)(=O)c1cc(C(=O)OCC(=O)Nc2ccc3c(c2)CCC3)ccc1OC. The molecule has 3 rings (SSSR count). The van der Waals surface area contributed by atoms with Crippen LogP contribution in [-0.4, -0.2) is 41.1 Å². The lowest BCUT2D eigenvalue weighted by molar-refractivity contribution is -0.119. The average Bonchev–Trinajstić information content (AvgIpc) is 3.19. The number of ether oxygens (including phenoxy) is 2. The molecule has 29 heavy (non-hydrogen) atoms. The Hall–Kier alpha value is -2.91. The summed E-state index contributed by atoms with van der Waals surface area (Å²) in [6.07, 6.45) is 3.15. The maximum atomic E-state index is 12.3. The molecule has 0 unspecified atom stereocenters. The topological polar surface area (TPSA) is 111 Å². The molecular weight excluding hydrogens is 396 g/mol. The van der Waals surface area contributed by atoms with Crippen molar-refractivity contribution in [2.24, 2.45) is 0 Å². The number of methoxy groups -OCH3 is 1. The molecule has 0 saturated heterocycles. The molecule has 0 saturated carbocycles. The van der Waals surface area contributed by atoms with E-state index in [1.54, 1.807) is 0 Å². The summed E-state index contributed by atoms with van der Waals surface area (Å²) in [7, 11) is -1.26. The van der Waals surface area contributed by atoms with Crippen molar-refractivity contribution < 1.29 is 27.5 Å². The highest BCUT2D eigenvalue weighted by molar-refractivity contribution is 7.89. The van der Waals surface area contributed by atoms with E-state index in [-0.39, 0.29) is 16.2 Å². The summed E-state index contributed by atoms with van der Waals surface area (Å²) >= 11 is 0. The van der Waals surface area contributed by atoms with E-state index in [1.165, 1.54) is 37.4 Å². The molecule has 1 aliphatic rings. The number of amides is 1. The van der Waals surface area contributed by atoms with Gasteiger partial charge in [0.05, 0.1) is 12.7 Å². The first-order chi connectivity index (χ1) is 13.8. The van der Waals surface area contributed by atoms with Crippen LogP contribution in [0.5, 0.6) is 5.75 Å². The molecule has 0 aromatic heterocycles. The molecule has 2 aromatic rings. The fourth-order valence-corrected chi connectivity index (χ4v) is 4.10. The molecule has 1 aliphatic carbocycles. The molecule has 0 spiro atoms. The highest BCUT2D eigenvalue weighted by atomic mass is 32.2. The van der Waals surface area contributed by atoms with Gasteiger partial charge in [-0.15, -0.1) is 0 Å². The minimum absolute atomic E-state index is 0.00930. The number of benzene rings is 2. The molecule has 0 aliphatic heterocycles. The fraction of sp³-hybridized carbons (Fsp3) is 0.300.